The van der Waals surface area contributed by atoms with Crippen molar-refractivity contribution in [1.29, 1.82) is 0 Å². The molecule has 0 saturated heterocycles. The largest absolute Gasteiger partial charge is 0.496 e. The fourth-order valence-corrected chi connectivity index (χ4v) is 4.06. The molecular formula is C28H34N2O2. The second-order valence-electron chi connectivity index (χ2n) is 8.29. The van der Waals surface area contributed by atoms with Gasteiger partial charge < -0.3 is 10.1 Å². The highest BCUT2D eigenvalue weighted by atomic mass is 16.5. The van der Waals surface area contributed by atoms with Crippen molar-refractivity contribution in [3.8, 4) is 5.75 Å². The van der Waals surface area contributed by atoms with Gasteiger partial charge in [-0.25, -0.2) is 0 Å². The number of methoxy groups -OCH3 is 1. The highest BCUT2D eigenvalue weighted by Crippen LogP contribution is 2.31. The van der Waals surface area contributed by atoms with Crippen molar-refractivity contribution in [2.75, 3.05) is 7.11 Å². The first kappa shape index (κ1) is 23.5. The zero-order valence-corrected chi connectivity index (χ0v) is 19.4. The molecule has 1 heterocycles. The monoisotopic (exact) mass is 430 g/mol. The molecule has 1 atom stereocenters. The van der Waals surface area contributed by atoms with Crippen LogP contribution in [0.5, 0.6) is 5.75 Å². The lowest BCUT2D eigenvalue weighted by Crippen LogP contribution is -2.31. The predicted octanol–water partition coefficient (Wildman–Crippen LogP) is 6.13. The van der Waals surface area contributed by atoms with Crippen molar-refractivity contribution in [2.45, 2.75) is 58.4 Å². The molecule has 32 heavy (non-hydrogen) atoms. The van der Waals surface area contributed by atoms with E-state index < -0.39 is 0 Å². The van der Waals surface area contributed by atoms with Crippen LogP contribution in [0.15, 0.2) is 60.9 Å². The Morgan fingerprint density at radius 1 is 1.09 bits per heavy atom. The highest BCUT2D eigenvalue weighted by Gasteiger charge is 2.10. The molecule has 0 fully saturated rings. The number of benzene rings is 2. The summed E-state index contributed by atoms with van der Waals surface area (Å²) in [4.78, 5) is 16.7. The molecular weight excluding hydrogens is 396 g/mol. The first-order valence-electron chi connectivity index (χ1n) is 11.6. The Labute approximate surface area is 191 Å². The lowest BCUT2D eigenvalue weighted by Gasteiger charge is -2.14. The molecule has 3 aromatic rings. The second-order valence-corrected chi connectivity index (χ2v) is 8.29. The lowest BCUT2D eigenvalue weighted by atomic mass is 9.94. The van der Waals surface area contributed by atoms with Gasteiger partial charge in [-0.05, 0) is 79.3 Å². The van der Waals surface area contributed by atoms with Crippen LogP contribution in [-0.2, 0) is 17.6 Å². The van der Waals surface area contributed by atoms with E-state index in [1.165, 1.54) is 16.5 Å². The van der Waals surface area contributed by atoms with Crippen LogP contribution in [-0.4, -0.2) is 24.0 Å². The summed E-state index contributed by atoms with van der Waals surface area (Å²) in [6.07, 6.45) is 13.4. The minimum Gasteiger partial charge on any atom is -0.496 e. The minimum absolute atomic E-state index is 0.0499. The molecule has 168 valence electrons. The number of pyridine rings is 1. The van der Waals surface area contributed by atoms with E-state index in [9.17, 15) is 4.79 Å². The van der Waals surface area contributed by atoms with Crippen LogP contribution in [0, 0.1) is 0 Å². The van der Waals surface area contributed by atoms with Crippen molar-refractivity contribution in [2.24, 2.45) is 0 Å². The molecule has 4 heteroatoms. The number of amides is 1. The number of carbonyl (C=O) groups is 1. The van der Waals surface area contributed by atoms with Crippen LogP contribution >= 0.6 is 0 Å². The number of carbonyl (C=O) groups excluding carboxylic acids is 1. The molecule has 1 aromatic heterocycles. The summed E-state index contributed by atoms with van der Waals surface area (Å²) < 4.78 is 5.54. The third-order valence-electron chi connectivity index (χ3n) is 5.80. The van der Waals surface area contributed by atoms with E-state index in [1.807, 2.05) is 30.5 Å². The summed E-state index contributed by atoms with van der Waals surface area (Å²) in [5.41, 5.74) is 3.61. The van der Waals surface area contributed by atoms with Gasteiger partial charge in [0.2, 0.25) is 5.91 Å². The number of unbranched alkanes of at least 4 members (excludes halogenated alkanes) is 1. The van der Waals surface area contributed by atoms with Gasteiger partial charge >= 0.3 is 0 Å². The molecule has 4 nitrogen and oxygen atoms in total. The topological polar surface area (TPSA) is 51.2 Å². The molecule has 3 rings (SSSR count). The quantitative estimate of drug-likeness (QED) is 0.373. The van der Waals surface area contributed by atoms with E-state index in [4.69, 9.17) is 4.74 Å². The van der Waals surface area contributed by atoms with Crippen molar-refractivity contribution < 1.29 is 9.53 Å². The Hall–Kier alpha value is -3.14. The van der Waals surface area contributed by atoms with E-state index in [0.717, 1.165) is 55.2 Å². The molecule has 0 bridgehead atoms. The van der Waals surface area contributed by atoms with Crippen LogP contribution in [0.4, 0.5) is 0 Å². The Morgan fingerprint density at radius 3 is 2.72 bits per heavy atom. The molecule has 0 aliphatic carbocycles. The van der Waals surface area contributed by atoms with Gasteiger partial charge in [0, 0.05) is 29.9 Å². The maximum atomic E-state index is 12.5. The lowest BCUT2D eigenvalue weighted by molar-refractivity contribution is -0.117. The van der Waals surface area contributed by atoms with Gasteiger partial charge in [0.05, 0.1) is 7.11 Å². The van der Waals surface area contributed by atoms with Crippen molar-refractivity contribution in [3.05, 3.63) is 77.6 Å². The zero-order valence-electron chi connectivity index (χ0n) is 19.4. The molecule has 2 aromatic carbocycles. The van der Waals surface area contributed by atoms with Gasteiger partial charge in [-0.1, -0.05) is 43.7 Å². The van der Waals surface area contributed by atoms with Crippen LogP contribution < -0.4 is 10.1 Å². The average Bonchev–Trinajstić information content (AvgIpc) is 2.81. The summed E-state index contributed by atoms with van der Waals surface area (Å²) in [6, 6.07) is 14.5. The molecule has 0 radical (unpaired) electrons. The van der Waals surface area contributed by atoms with E-state index >= 15 is 0 Å². The van der Waals surface area contributed by atoms with Crippen LogP contribution in [0.2, 0.25) is 0 Å². The van der Waals surface area contributed by atoms with Gasteiger partial charge in [-0.2, -0.15) is 0 Å². The third kappa shape index (κ3) is 6.43. The van der Waals surface area contributed by atoms with Gasteiger partial charge in [0.25, 0.3) is 0 Å². The number of nitrogens with one attached hydrogen (secondary N) is 1. The van der Waals surface area contributed by atoms with E-state index in [-0.39, 0.29) is 11.9 Å². The molecule has 0 saturated carbocycles. The molecule has 0 aliphatic rings. The van der Waals surface area contributed by atoms with Crippen LogP contribution in [0.25, 0.3) is 16.8 Å². The Kier molecular flexibility index (Phi) is 8.85. The highest BCUT2D eigenvalue weighted by molar-refractivity contribution is 5.96. The number of ether oxygens (including phenoxy) is 1. The number of fused-ring (bicyclic) bond motifs is 1. The van der Waals surface area contributed by atoms with E-state index in [1.54, 1.807) is 19.4 Å². The first-order chi connectivity index (χ1) is 15.6. The number of hydrogen-bond donors (Lipinski definition) is 1. The second kappa shape index (κ2) is 12.0. The summed E-state index contributed by atoms with van der Waals surface area (Å²) in [6.45, 7) is 4.26. The first-order valence-corrected chi connectivity index (χ1v) is 11.6. The van der Waals surface area contributed by atoms with Crippen molar-refractivity contribution >= 4 is 22.8 Å². The summed E-state index contributed by atoms with van der Waals surface area (Å²) >= 11 is 0. The Balaban J connectivity index is 1.65. The third-order valence-corrected chi connectivity index (χ3v) is 5.80. The summed E-state index contributed by atoms with van der Waals surface area (Å²) in [5, 5.41) is 5.41. The molecule has 0 aliphatic heterocycles. The van der Waals surface area contributed by atoms with Gasteiger partial charge in [0.1, 0.15) is 5.75 Å². The number of hydrogen-bond acceptors (Lipinski definition) is 3. The molecule has 0 unspecified atom stereocenters. The smallest absolute Gasteiger partial charge is 0.244 e. The fourth-order valence-electron chi connectivity index (χ4n) is 4.06. The number of aromatic nitrogens is 1. The normalized spacial score (nSPS) is 12.2. The number of aryl methyl sites for hydroxylation is 2. The maximum absolute atomic E-state index is 12.5. The van der Waals surface area contributed by atoms with Gasteiger partial charge in [0.15, 0.2) is 0 Å². The van der Waals surface area contributed by atoms with Gasteiger partial charge in [-0.15, -0.1) is 0 Å². The van der Waals surface area contributed by atoms with Gasteiger partial charge in [-0.3, -0.25) is 9.78 Å². The molecule has 1 N–H and O–H groups in total. The predicted molar refractivity (Wildman–Crippen MR) is 133 cm³/mol. The minimum atomic E-state index is -0.0499. The number of nitrogens with zero attached hydrogens (tertiary/aromatic N) is 1. The standard InChI is InChI=1S/C28H34N2O2/c1-4-5-12-24-23(15-17-26-25(24)13-7-14-27(26)32-3)16-18-28(31)30-21(2)9-6-10-22-11-8-19-29-20-22/h7-8,11,13-21H,4-6,9-10,12H2,1-3H3,(H,30,31)/b18-16+/t21-/m0/s1. The SMILES string of the molecule is CCCCc1c(/C=C/C(=O)N[C@@H](C)CCCc2cccnc2)ccc2c(OC)cccc12. The fraction of sp³-hybridized carbons (Fsp3) is 0.357. The summed E-state index contributed by atoms with van der Waals surface area (Å²) in [5.74, 6) is 0.833. The van der Waals surface area contributed by atoms with E-state index in [2.05, 4.69) is 48.4 Å². The molecule has 1 amide bonds. The van der Waals surface area contributed by atoms with Crippen molar-refractivity contribution in [3.63, 3.8) is 0 Å². The zero-order chi connectivity index (χ0) is 22.8. The van der Waals surface area contributed by atoms with E-state index in [0.29, 0.717) is 0 Å². The number of rotatable bonds is 11. The average molecular weight is 431 g/mol. The Bertz CT molecular complexity index is 1040. The Morgan fingerprint density at radius 2 is 1.97 bits per heavy atom. The molecule has 0 spiro atoms. The van der Waals surface area contributed by atoms with Crippen LogP contribution in [0.1, 0.15) is 56.2 Å². The maximum Gasteiger partial charge on any atom is 0.244 e. The van der Waals surface area contributed by atoms with Crippen LogP contribution in [0.3, 0.4) is 0 Å². The summed E-state index contributed by atoms with van der Waals surface area (Å²) in [7, 11) is 1.70. The van der Waals surface area contributed by atoms with Crippen molar-refractivity contribution in [1.82, 2.24) is 10.3 Å².